The van der Waals surface area contributed by atoms with Gasteiger partial charge in [-0.2, -0.15) is 8.42 Å². The minimum absolute atomic E-state index is 0.0835. The van der Waals surface area contributed by atoms with Gasteiger partial charge in [0.2, 0.25) is 0 Å². The van der Waals surface area contributed by atoms with Crippen molar-refractivity contribution >= 4 is 27.3 Å². The third kappa shape index (κ3) is 4.07. The van der Waals surface area contributed by atoms with Crippen LogP contribution in [-0.4, -0.2) is 62.6 Å². The molecule has 12 nitrogen and oxygen atoms in total. The maximum absolute atomic E-state index is 11.2. The van der Waals surface area contributed by atoms with Crippen molar-refractivity contribution in [1.82, 2.24) is 19.5 Å². The lowest BCUT2D eigenvalue weighted by atomic mass is 10.1. The SMILES string of the molecule is CC(OS(N)(=O)=O)[C@H]1O[C@@H](n2cnc3c(N[C@H]4CCc5ccccc54)ncnc32)[C@H](O)[C@@H]1O. The van der Waals surface area contributed by atoms with E-state index in [1.54, 1.807) is 0 Å². The Morgan fingerprint density at radius 2 is 2.03 bits per heavy atom. The number of aliphatic hydroxyl groups is 2. The molecule has 0 saturated carbocycles. The van der Waals surface area contributed by atoms with Crippen LogP contribution in [0.4, 0.5) is 5.82 Å². The van der Waals surface area contributed by atoms with Crippen molar-refractivity contribution in [3.8, 4) is 0 Å². The first-order valence-corrected chi connectivity index (χ1v) is 11.9. The second kappa shape index (κ2) is 8.27. The average molecular weight is 477 g/mol. The molecular weight excluding hydrogens is 452 g/mol. The summed E-state index contributed by atoms with van der Waals surface area (Å²) in [5, 5.41) is 29.4. The van der Waals surface area contributed by atoms with Gasteiger partial charge in [0.1, 0.15) is 30.7 Å². The van der Waals surface area contributed by atoms with E-state index >= 15 is 0 Å². The van der Waals surface area contributed by atoms with Crippen LogP contribution >= 0.6 is 0 Å². The molecule has 5 N–H and O–H groups in total. The standard InChI is InChI=1S/C20H24N6O6S/c1-10(32-33(21,29)30)17-15(27)16(28)20(31-17)26-9-24-14-18(22-8-23-19(14)26)25-13-7-6-11-4-2-3-5-12(11)13/h2-5,8-10,13,15-17,20,27-28H,6-7H2,1H3,(H2,21,29,30)(H,22,23,25)/t10?,13-,15-,16+,17+,20+/m0/s1. The molecule has 3 heterocycles. The molecule has 5 rings (SSSR count). The van der Waals surface area contributed by atoms with E-state index in [0.29, 0.717) is 17.0 Å². The van der Waals surface area contributed by atoms with Gasteiger partial charge in [-0.15, -0.1) is 0 Å². The maximum Gasteiger partial charge on any atom is 0.333 e. The van der Waals surface area contributed by atoms with E-state index in [1.807, 2.05) is 12.1 Å². The van der Waals surface area contributed by atoms with Crippen LogP contribution in [0.5, 0.6) is 0 Å². The van der Waals surface area contributed by atoms with Crippen LogP contribution < -0.4 is 10.5 Å². The van der Waals surface area contributed by atoms with E-state index in [4.69, 9.17) is 14.1 Å². The van der Waals surface area contributed by atoms with Crippen molar-refractivity contribution in [2.45, 2.75) is 56.5 Å². The summed E-state index contributed by atoms with van der Waals surface area (Å²) in [7, 11) is -4.27. The number of imidazole rings is 1. The Hall–Kier alpha value is -2.68. The number of hydrogen-bond acceptors (Lipinski definition) is 10. The number of nitrogens with one attached hydrogen (secondary N) is 1. The van der Waals surface area contributed by atoms with E-state index < -0.39 is 40.9 Å². The lowest BCUT2D eigenvalue weighted by Crippen LogP contribution is -2.40. The summed E-state index contributed by atoms with van der Waals surface area (Å²) in [5.41, 5.74) is 3.37. The number of nitrogens with zero attached hydrogens (tertiary/aromatic N) is 4. The molecular formula is C20H24N6O6S. The molecule has 13 heteroatoms. The smallest absolute Gasteiger partial charge is 0.333 e. The van der Waals surface area contributed by atoms with Gasteiger partial charge >= 0.3 is 10.3 Å². The first-order valence-electron chi connectivity index (χ1n) is 10.5. The van der Waals surface area contributed by atoms with Gasteiger partial charge in [0, 0.05) is 0 Å². The number of aromatic nitrogens is 4. The number of anilines is 1. The Labute approximate surface area is 189 Å². The molecule has 1 aliphatic heterocycles. The molecule has 1 saturated heterocycles. The van der Waals surface area contributed by atoms with Gasteiger partial charge in [0.25, 0.3) is 0 Å². The highest BCUT2D eigenvalue weighted by atomic mass is 32.2. The van der Waals surface area contributed by atoms with Gasteiger partial charge in [-0.3, -0.25) is 8.75 Å². The summed E-state index contributed by atoms with van der Waals surface area (Å²) in [5.74, 6) is 0.538. The Bertz CT molecular complexity index is 1280. The molecule has 0 bridgehead atoms. The van der Waals surface area contributed by atoms with E-state index in [1.165, 1.54) is 35.3 Å². The van der Waals surface area contributed by atoms with Crippen LogP contribution in [0, 0.1) is 0 Å². The highest BCUT2D eigenvalue weighted by molar-refractivity contribution is 7.84. The van der Waals surface area contributed by atoms with Crippen molar-refractivity contribution in [2.75, 3.05) is 5.32 Å². The average Bonchev–Trinajstić information content (AvgIpc) is 3.45. The first kappa shape index (κ1) is 22.1. The number of fused-ring (bicyclic) bond motifs is 2. The molecule has 0 amide bonds. The summed E-state index contributed by atoms with van der Waals surface area (Å²) >= 11 is 0. The zero-order valence-electron chi connectivity index (χ0n) is 17.6. The van der Waals surface area contributed by atoms with Crippen LogP contribution in [0.3, 0.4) is 0 Å². The fourth-order valence-electron chi connectivity index (χ4n) is 4.59. The van der Waals surface area contributed by atoms with Gasteiger partial charge in [-0.05, 0) is 30.9 Å². The van der Waals surface area contributed by atoms with E-state index in [-0.39, 0.29) is 6.04 Å². The monoisotopic (exact) mass is 476 g/mol. The third-order valence-electron chi connectivity index (χ3n) is 6.10. The van der Waals surface area contributed by atoms with Gasteiger partial charge in [0.15, 0.2) is 23.2 Å². The second-order valence-electron chi connectivity index (χ2n) is 8.25. The minimum Gasteiger partial charge on any atom is -0.387 e. The van der Waals surface area contributed by atoms with Crippen LogP contribution in [0.2, 0.25) is 0 Å². The van der Waals surface area contributed by atoms with E-state index in [2.05, 4.69) is 32.4 Å². The Morgan fingerprint density at radius 1 is 1.24 bits per heavy atom. The fraction of sp³-hybridized carbons (Fsp3) is 0.450. The quantitative estimate of drug-likeness (QED) is 0.383. The zero-order chi connectivity index (χ0) is 23.3. The maximum atomic E-state index is 11.2. The molecule has 1 unspecified atom stereocenters. The summed E-state index contributed by atoms with van der Waals surface area (Å²) in [6, 6.07) is 8.31. The van der Waals surface area contributed by atoms with Crippen molar-refractivity contribution < 1.29 is 27.6 Å². The van der Waals surface area contributed by atoms with Crippen LogP contribution in [0.15, 0.2) is 36.9 Å². The molecule has 2 aliphatic rings. The summed E-state index contributed by atoms with van der Waals surface area (Å²) in [6.45, 7) is 1.38. The number of aliphatic hydroxyl groups excluding tert-OH is 2. The van der Waals surface area contributed by atoms with Crippen molar-refractivity contribution in [3.05, 3.63) is 48.0 Å². The number of hydrogen-bond donors (Lipinski definition) is 4. The number of ether oxygens (including phenoxy) is 1. The molecule has 6 atom stereocenters. The molecule has 1 aromatic carbocycles. The predicted molar refractivity (Wildman–Crippen MR) is 116 cm³/mol. The van der Waals surface area contributed by atoms with E-state index in [9.17, 15) is 18.6 Å². The summed E-state index contributed by atoms with van der Waals surface area (Å²) < 4.78 is 34.4. The Balaban J connectivity index is 1.41. The molecule has 33 heavy (non-hydrogen) atoms. The van der Waals surface area contributed by atoms with E-state index in [0.717, 1.165) is 12.8 Å². The molecule has 176 valence electrons. The Kier molecular flexibility index (Phi) is 5.55. The molecule has 0 spiro atoms. The molecule has 1 fully saturated rings. The first-order chi connectivity index (χ1) is 15.7. The molecule has 2 aromatic heterocycles. The minimum atomic E-state index is -4.27. The number of nitrogens with two attached hydrogens (primary N) is 1. The summed E-state index contributed by atoms with van der Waals surface area (Å²) in [4.78, 5) is 13.0. The lowest BCUT2D eigenvalue weighted by molar-refractivity contribution is -0.0694. The highest BCUT2D eigenvalue weighted by Gasteiger charge is 2.47. The third-order valence-corrected chi connectivity index (χ3v) is 6.67. The topological polar surface area (TPSA) is 175 Å². The molecule has 1 aliphatic carbocycles. The van der Waals surface area contributed by atoms with Crippen LogP contribution in [0.1, 0.15) is 36.7 Å². The number of aryl methyl sites for hydroxylation is 1. The predicted octanol–water partition coefficient (Wildman–Crippen LogP) is 0.154. The van der Waals surface area contributed by atoms with Gasteiger partial charge < -0.3 is 20.3 Å². The van der Waals surface area contributed by atoms with Crippen molar-refractivity contribution in [1.29, 1.82) is 0 Å². The normalized spacial score (nSPS) is 28.2. The fourth-order valence-corrected chi connectivity index (χ4v) is 5.12. The number of benzene rings is 1. The lowest BCUT2D eigenvalue weighted by Gasteiger charge is -2.20. The van der Waals surface area contributed by atoms with Crippen LogP contribution in [-0.2, 0) is 25.6 Å². The van der Waals surface area contributed by atoms with Gasteiger partial charge in [0.05, 0.1) is 12.4 Å². The van der Waals surface area contributed by atoms with Gasteiger partial charge in [-0.25, -0.2) is 20.1 Å². The van der Waals surface area contributed by atoms with Crippen LogP contribution in [0.25, 0.3) is 11.2 Å². The zero-order valence-corrected chi connectivity index (χ0v) is 18.5. The second-order valence-corrected chi connectivity index (χ2v) is 9.43. The molecule has 3 aromatic rings. The van der Waals surface area contributed by atoms with Gasteiger partial charge in [-0.1, -0.05) is 24.3 Å². The highest BCUT2D eigenvalue weighted by Crippen LogP contribution is 2.36. The summed E-state index contributed by atoms with van der Waals surface area (Å²) in [6.07, 6.45) is -1.44. The van der Waals surface area contributed by atoms with Crippen molar-refractivity contribution in [2.24, 2.45) is 5.14 Å². The largest absolute Gasteiger partial charge is 0.387 e. The number of rotatable bonds is 6. The Morgan fingerprint density at radius 3 is 2.82 bits per heavy atom. The molecule has 0 radical (unpaired) electrons. The van der Waals surface area contributed by atoms with Crippen molar-refractivity contribution in [3.63, 3.8) is 0 Å².